The van der Waals surface area contributed by atoms with E-state index in [0.29, 0.717) is 24.4 Å². The largest absolute Gasteiger partial charge is 0.354 e. The van der Waals surface area contributed by atoms with Crippen molar-refractivity contribution in [1.82, 2.24) is 34.9 Å². The number of aromatic nitrogens is 6. The van der Waals surface area contributed by atoms with Gasteiger partial charge in [0.2, 0.25) is 11.7 Å². The number of benzene rings is 1. The van der Waals surface area contributed by atoms with E-state index in [1.165, 1.54) is 16.9 Å². The van der Waals surface area contributed by atoms with E-state index in [2.05, 4.69) is 25.7 Å². The van der Waals surface area contributed by atoms with Crippen LogP contribution in [0.5, 0.6) is 0 Å². The third kappa shape index (κ3) is 3.59. The van der Waals surface area contributed by atoms with Gasteiger partial charge in [0.05, 0.1) is 5.69 Å². The van der Waals surface area contributed by atoms with Gasteiger partial charge >= 0.3 is 0 Å². The number of carbonyl (C=O) groups is 1. The molecule has 0 radical (unpaired) electrons. The molecule has 1 aromatic carbocycles. The topological polar surface area (TPSA) is 90.0 Å². The van der Waals surface area contributed by atoms with Crippen molar-refractivity contribution in [3.05, 3.63) is 53.6 Å². The number of imidazole rings is 1. The lowest BCUT2D eigenvalue weighted by molar-refractivity contribution is -0.122. The van der Waals surface area contributed by atoms with E-state index in [-0.39, 0.29) is 18.3 Å². The van der Waals surface area contributed by atoms with Gasteiger partial charge in [0.1, 0.15) is 12.4 Å². The van der Waals surface area contributed by atoms with Crippen LogP contribution >= 0.6 is 11.3 Å². The van der Waals surface area contributed by atoms with Crippen LogP contribution in [0.2, 0.25) is 0 Å². The number of thiazole rings is 1. The smallest absolute Gasteiger partial charge is 0.243 e. The summed E-state index contributed by atoms with van der Waals surface area (Å²) in [6, 6.07) is 5.77. The summed E-state index contributed by atoms with van der Waals surface area (Å²) >= 11 is 1.57. The van der Waals surface area contributed by atoms with E-state index in [1.807, 2.05) is 22.2 Å². The first-order valence-corrected chi connectivity index (χ1v) is 8.77. The fraction of sp³-hybridized carbons (Fsp3) is 0.188. The van der Waals surface area contributed by atoms with Gasteiger partial charge in [-0.1, -0.05) is 0 Å². The van der Waals surface area contributed by atoms with E-state index in [9.17, 15) is 9.18 Å². The molecule has 4 rings (SSSR count). The fourth-order valence-corrected chi connectivity index (χ4v) is 3.15. The van der Waals surface area contributed by atoms with E-state index >= 15 is 0 Å². The number of rotatable bonds is 6. The van der Waals surface area contributed by atoms with Crippen LogP contribution in [0.1, 0.15) is 5.69 Å². The quantitative estimate of drug-likeness (QED) is 0.555. The zero-order valence-electron chi connectivity index (χ0n) is 13.5. The van der Waals surface area contributed by atoms with E-state index in [0.717, 1.165) is 10.7 Å². The molecule has 0 atom stereocenters. The number of halogens is 1. The standard InChI is InChI=1S/C16H14FN7OS/c17-12-3-1-11(2-4-12)15-20-22-24(21-15)10-14(25)18-6-5-13-9-23-7-8-26-16(23)19-13/h1-4,7-9H,5-6,10H2,(H,18,25). The minimum atomic E-state index is -0.335. The van der Waals surface area contributed by atoms with Gasteiger partial charge in [-0.25, -0.2) is 9.37 Å². The highest BCUT2D eigenvalue weighted by Gasteiger charge is 2.10. The van der Waals surface area contributed by atoms with Crippen molar-refractivity contribution < 1.29 is 9.18 Å². The van der Waals surface area contributed by atoms with Gasteiger partial charge in [-0.2, -0.15) is 4.80 Å². The Labute approximate surface area is 151 Å². The summed E-state index contributed by atoms with van der Waals surface area (Å²) in [4.78, 5) is 18.6. The molecule has 4 aromatic rings. The van der Waals surface area contributed by atoms with Gasteiger partial charge in [0.25, 0.3) is 0 Å². The van der Waals surface area contributed by atoms with Crippen LogP contribution in [0, 0.1) is 5.82 Å². The van der Waals surface area contributed by atoms with Gasteiger partial charge in [0.15, 0.2) is 4.96 Å². The molecule has 0 bridgehead atoms. The van der Waals surface area contributed by atoms with Crippen molar-refractivity contribution >= 4 is 22.2 Å². The van der Waals surface area contributed by atoms with Gasteiger partial charge in [-0.15, -0.1) is 21.5 Å². The molecule has 8 nitrogen and oxygen atoms in total. The lowest BCUT2D eigenvalue weighted by atomic mass is 10.2. The Bertz CT molecular complexity index is 1010. The first kappa shape index (κ1) is 16.3. The number of fused-ring (bicyclic) bond motifs is 1. The summed E-state index contributed by atoms with van der Waals surface area (Å²) < 4.78 is 14.9. The second-order valence-corrected chi connectivity index (χ2v) is 6.45. The molecule has 1 N–H and O–H groups in total. The first-order valence-electron chi connectivity index (χ1n) is 7.89. The number of tetrazole rings is 1. The number of hydrogen-bond donors (Lipinski definition) is 1. The second-order valence-electron chi connectivity index (χ2n) is 5.58. The van der Waals surface area contributed by atoms with Crippen LogP contribution in [0.4, 0.5) is 4.39 Å². The predicted molar refractivity (Wildman–Crippen MR) is 93.0 cm³/mol. The Hall–Kier alpha value is -3.14. The van der Waals surface area contributed by atoms with Crippen molar-refractivity contribution in [2.45, 2.75) is 13.0 Å². The molecule has 0 fully saturated rings. The van der Waals surface area contributed by atoms with Crippen molar-refractivity contribution in [2.24, 2.45) is 0 Å². The number of nitrogens with one attached hydrogen (secondary N) is 1. The molecule has 3 heterocycles. The molecule has 0 saturated carbocycles. The summed E-state index contributed by atoms with van der Waals surface area (Å²) in [5.41, 5.74) is 1.56. The molecule has 10 heteroatoms. The molecule has 0 spiro atoms. The van der Waals surface area contributed by atoms with Crippen molar-refractivity contribution in [3.63, 3.8) is 0 Å². The molecular formula is C16H14FN7OS. The average molecular weight is 371 g/mol. The van der Waals surface area contributed by atoms with Crippen LogP contribution in [0.15, 0.2) is 42.0 Å². The van der Waals surface area contributed by atoms with E-state index < -0.39 is 0 Å². The summed E-state index contributed by atoms with van der Waals surface area (Å²) in [5, 5.41) is 16.6. The molecule has 0 aliphatic heterocycles. The maximum Gasteiger partial charge on any atom is 0.243 e. The first-order chi connectivity index (χ1) is 12.7. The average Bonchev–Trinajstić information content (AvgIpc) is 3.32. The SMILES string of the molecule is O=C(Cn1nnc(-c2ccc(F)cc2)n1)NCCc1cn2ccsc2n1. The zero-order chi connectivity index (χ0) is 17.9. The van der Waals surface area contributed by atoms with Crippen molar-refractivity contribution in [2.75, 3.05) is 6.54 Å². The van der Waals surface area contributed by atoms with Gasteiger partial charge in [-0.3, -0.25) is 9.20 Å². The van der Waals surface area contributed by atoms with Crippen LogP contribution in [0.3, 0.4) is 0 Å². The third-order valence-corrected chi connectivity index (χ3v) is 4.46. The molecule has 26 heavy (non-hydrogen) atoms. The molecule has 132 valence electrons. The minimum absolute atomic E-state index is 0.0352. The molecular weight excluding hydrogens is 357 g/mol. The predicted octanol–water partition coefficient (Wildman–Crippen LogP) is 1.55. The molecule has 3 aromatic heterocycles. The highest BCUT2D eigenvalue weighted by atomic mass is 32.1. The summed E-state index contributed by atoms with van der Waals surface area (Å²) in [6.07, 6.45) is 4.54. The third-order valence-electron chi connectivity index (χ3n) is 3.69. The van der Waals surface area contributed by atoms with Crippen LogP contribution < -0.4 is 5.32 Å². The minimum Gasteiger partial charge on any atom is -0.354 e. The Morgan fingerprint density at radius 3 is 2.92 bits per heavy atom. The van der Waals surface area contributed by atoms with Crippen LogP contribution in [-0.4, -0.2) is 42.0 Å². The highest BCUT2D eigenvalue weighted by molar-refractivity contribution is 7.15. The summed E-state index contributed by atoms with van der Waals surface area (Å²) in [5.74, 6) is -0.206. The fourth-order valence-electron chi connectivity index (χ4n) is 2.44. The van der Waals surface area contributed by atoms with Crippen molar-refractivity contribution in [1.29, 1.82) is 0 Å². The number of hydrogen-bond acceptors (Lipinski definition) is 6. The monoisotopic (exact) mass is 371 g/mol. The lowest BCUT2D eigenvalue weighted by Crippen LogP contribution is -2.30. The lowest BCUT2D eigenvalue weighted by Gasteiger charge is -2.02. The molecule has 1 amide bonds. The Kier molecular flexibility index (Phi) is 4.40. The zero-order valence-corrected chi connectivity index (χ0v) is 14.4. The Morgan fingerprint density at radius 2 is 2.12 bits per heavy atom. The summed E-state index contributed by atoms with van der Waals surface area (Å²) in [6.45, 7) is 0.440. The van der Waals surface area contributed by atoms with E-state index in [4.69, 9.17) is 0 Å². The molecule has 0 aliphatic carbocycles. The number of nitrogens with zero attached hydrogens (tertiary/aromatic N) is 6. The van der Waals surface area contributed by atoms with Gasteiger partial charge in [-0.05, 0) is 29.5 Å². The van der Waals surface area contributed by atoms with Gasteiger partial charge in [0, 0.05) is 36.3 Å². The molecule has 0 aliphatic rings. The van der Waals surface area contributed by atoms with Crippen molar-refractivity contribution in [3.8, 4) is 11.4 Å². The second kappa shape index (κ2) is 7.00. The van der Waals surface area contributed by atoms with Gasteiger partial charge < -0.3 is 5.32 Å². The maximum absolute atomic E-state index is 12.9. The van der Waals surface area contributed by atoms with Crippen LogP contribution in [0.25, 0.3) is 16.3 Å². The normalized spacial score (nSPS) is 11.1. The van der Waals surface area contributed by atoms with E-state index in [1.54, 1.807) is 23.5 Å². The molecule has 0 saturated heterocycles. The Morgan fingerprint density at radius 1 is 1.27 bits per heavy atom. The summed E-state index contributed by atoms with van der Waals surface area (Å²) in [7, 11) is 0. The highest BCUT2D eigenvalue weighted by Crippen LogP contribution is 2.13. The number of carbonyl (C=O) groups excluding carboxylic acids is 1. The van der Waals surface area contributed by atoms with Crippen LogP contribution in [-0.2, 0) is 17.8 Å². The molecule has 0 unspecified atom stereocenters. The number of amides is 1. The maximum atomic E-state index is 12.9. The Balaban J connectivity index is 1.29.